The minimum absolute atomic E-state index is 0.0634. The molecule has 0 aliphatic rings. The second-order valence-electron chi connectivity index (χ2n) is 8.59. The van der Waals surface area contributed by atoms with Crippen LogP contribution in [0.15, 0.2) is 70.8 Å². The highest BCUT2D eigenvalue weighted by Gasteiger charge is 2.26. The number of aryl methyl sites for hydroxylation is 3. The van der Waals surface area contributed by atoms with Gasteiger partial charge in [0, 0.05) is 29.8 Å². The molecule has 4 aromatic carbocycles. The minimum Gasteiger partial charge on any atom is -0.497 e. The minimum atomic E-state index is -6.00. The molecule has 0 aliphatic heterocycles. The highest BCUT2D eigenvalue weighted by atomic mass is 19.5. The van der Waals surface area contributed by atoms with E-state index in [9.17, 15) is 22.1 Å². The third-order valence-corrected chi connectivity index (χ3v) is 5.68. The molecule has 0 fully saturated rings. The first-order valence-corrected chi connectivity index (χ1v) is 11.1. The van der Waals surface area contributed by atoms with E-state index in [1.165, 1.54) is 27.3 Å². The van der Waals surface area contributed by atoms with Crippen molar-refractivity contribution in [2.75, 3.05) is 5.32 Å². The highest BCUT2D eigenvalue weighted by Crippen LogP contribution is 2.44. The molecule has 1 N–H and O–H groups in total. The summed E-state index contributed by atoms with van der Waals surface area (Å²) in [5.74, 6) is 1.03. The van der Waals surface area contributed by atoms with Crippen LogP contribution in [0.1, 0.15) is 23.6 Å². The maximum atomic E-state index is 11.7. The van der Waals surface area contributed by atoms with Gasteiger partial charge in [-0.3, -0.25) is 4.79 Å². The van der Waals surface area contributed by atoms with Crippen molar-refractivity contribution in [3.63, 3.8) is 0 Å². The van der Waals surface area contributed by atoms with Crippen molar-refractivity contribution in [2.24, 2.45) is 0 Å². The van der Waals surface area contributed by atoms with Crippen LogP contribution in [0.2, 0.25) is 0 Å². The maximum absolute atomic E-state index is 11.7. The molecule has 5 aromatic rings. The predicted molar refractivity (Wildman–Crippen MR) is 136 cm³/mol. The highest BCUT2D eigenvalue weighted by molar-refractivity contribution is 6.50. The van der Waals surface area contributed by atoms with Crippen LogP contribution in [0.4, 0.5) is 23.0 Å². The average Bonchev–Trinajstić information content (AvgIpc) is 3.06. The lowest BCUT2D eigenvalue weighted by Crippen LogP contribution is -2.05. The van der Waals surface area contributed by atoms with E-state index < -0.39 is 7.25 Å². The molecule has 0 radical (unpaired) electrons. The van der Waals surface area contributed by atoms with Crippen LogP contribution in [-0.2, 0) is 4.79 Å². The fourth-order valence-electron chi connectivity index (χ4n) is 4.64. The Morgan fingerprint density at radius 3 is 2.00 bits per heavy atom. The van der Waals surface area contributed by atoms with Gasteiger partial charge in [-0.15, -0.1) is 0 Å². The molecule has 1 heterocycles. The summed E-state index contributed by atoms with van der Waals surface area (Å²) in [5, 5.41) is 7.65. The standard InChI is InChI=1S/C27H23NO2.BF4/c1-16-12-17(2)26-23(13-16)24-15-21(28-19(4)29)14-18(3)27(24)30(26)25-11-7-9-20-8-5-6-10-22(20)25;2-1(3,4)5/h5-15H,1-4H3;/q;-1/p+1. The van der Waals surface area contributed by atoms with Crippen molar-refractivity contribution in [1.82, 2.24) is 0 Å². The second kappa shape index (κ2) is 9.10. The summed E-state index contributed by atoms with van der Waals surface area (Å²) in [5.41, 5.74) is 6.59. The van der Waals surface area contributed by atoms with Crippen LogP contribution < -0.4 is 5.32 Å². The third kappa shape index (κ3) is 5.01. The Kier molecular flexibility index (Phi) is 6.32. The molecule has 8 heteroatoms. The third-order valence-electron chi connectivity index (χ3n) is 5.68. The number of hydrogen-bond donors (Lipinski definition) is 1. The lowest BCUT2D eigenvalue weighted by Gasteiger charge is -2.10. The number of fused-ring (bicyclic) bond motifs is 4. The summed E-state index contributed by atoms with van der Waals surface area (Å²) in [6.45, 7) is 7.93. The molecule has 0 atom stereocenters. The number of carbonyl (C=O) groups is 1. The van der Waals surface area contributed by atoms with E-state index in [1.54, 1.807) is 6.92 Å². The van der Waals surface area contributed by atoms with Crippen LogP contribution in [-0.4, -0.2) is 13.2 Å². The normalized spacial score (nSPS) is 11.5. The van der Waals surface area contributed by atoms with Crippen LogP contribution in [0.3, 0.4) is 0 Å². The van der Waals surface area contributed by atoms with Crippen molar-refractivity contribution in [3.05, 3.63) is 83.4 Å². The number of furan rings is 1. The molecular weight excluding hydrogens is 457 g/mol. The molecule has 1 aromatic heterocycles. The lowest BCUT2D eigenvalue weighted by molar-refractivity contribution is -0.114. The summed E-state index contributed by atoms with van der Waals surface area (Å²) in [6.07, 6.45) is 0. The average molecular weight is 481 g/mol. The predicted octanol–water partition coefficient (Wildman–Crippen LogP) is 8.60. The number of anilines is 1. The Hall–Kier alpha value is -3.81. The fraction of sp³-hybridized carbons (Fsp3) is 0.148. The summed E-state index contributed by atoms with van der Waals surface area (Å²) >= 11 is 0. The Labute approximate surface area is 200 Å². The van der Waals surface area contributed by atoms with E-state index in [-0.39, 0.29) is 5.91 Å². The van der Waals surface area contributed by atoms with Crippen molar-refractivity contribution in [3.8, 4) is 5.75 Å². The molecule has 3 nitrogen and oxygen atoms in total. The quantitative estimate of drug-likeness (QED) is 0.153. The molecule has 1 amide bonds. The zero-order chi connectivity index (χ0) is 25.5. The lowest BCUT2D eigenvalue weighted by atomic mass is 10.0. The Morgan fingerprint density at radius 2 is 1.34 bits per heavy atom. The van der Waals surface area contributed by atoms with E-state index in [0.29, 0.717) is 0 Å². The van der Waals surface area contributed by atoms with E-state index in [1.807, 2.05) is 6.07 Å². The molecular formula is C27H24BF4NO2. The smallest absolute Gasteiger partial charge is 0.497 e. The van der Waals surface area contributed by atoms with E-state index in [2.05, 4.69) is 90.8 Å². The maximum Gasteiger partial charge on any atom is 0.673 e. The zero-order valence-corrected chi connectivity index (χ0v) is 19.8. The molecule has 0 unspecified atom stereocenters. The summed E-state index contributed by atoms with van der Waals surface area (Å²) in [4.78, 5) is 11.7. The van der Waals surface area contributed by atoms with Gasteiger partial charge in [0.2, 0.25) is 5.91 Å². The summed E-state index contributed by atoms with van der Waals surface area (Å²) in [6, 6.07) is 23.5. The van der Waals surface area contributed by atoms with Crippen LogP contribution in [0.25, 0.3) is 38.5 Å². The number of hydrogen-bond acceptors (Lipinski definition) is 1. The fourth-order valence-corrected chi connectivity index (χ4v) is 4.64. The van der Waals surface area contributed by atoms with Crippen molar-refractivity contribution >= 4 is 51.6 Å². The van der Waals surface area contributed by atoms with Crippen LogP contribution in [0, 0.1) is 20.8 Å². The molecule has 180 valence electrons. The number of rotatable bonds is 2. The first-order valence-electron chi connectivity index (χ1n) is 11.1. The van der Waals surface area contributed by atoms with Gasteiger partial charge in [0.25, 0.3) is 16.9 Å². The second-order valence-corrected chi connectivity index (χ2v) is 8.59. The number of halogens is 4. The van der Waals surface area contributed by atoms with Gasteiger partial charge >= 0.3 is 7.25 Å². The molecule has 0 spiro atoms. The molecule has 0 bridgehead atoms. The number of carbonyl (C=O) groups excluding carboxylic acids is 1. The van der Waals surface area contributed by atoms with E-state index >= 15 is 0 Å². The van der Waals surface area contributed by atoms with Gasteiger partial charge in [-0.1, -0.05) is 30.3 Å². The topological polar surface area (TPSA) is 31.8 Å². The first-order chi connectivity index (χ1) is 16.4. The number of amides is 1. The summed E-state index contributed by atoms with van der Waals surface area (Å²) in [7, 11) is -6.00. The Balaban J connectivity index is 0.000000527. The van der Waals surface area contributed by atoms with Crippen LogP contribution >= 0.6 is 0 Å². The SMILES string of the molecule is CC(=O)Nc1cc(C)c2c(c1)c1cc(C)cc(C)c1[o+]2-c1cccc2ccccc12.F[B-](F)(F)F. The van der Waals surface area contributed by atoms with Crippen LogP contribution in [0.5, 0.6) is 0 Å². The molecule has 0 saturated heterocycles. The van der Waals surface area contributed by atoms with Crippen molar-refractivity contribution in [1.29, 1.82) is 0 Å². The molecule has 0 saturated carbocycles. The van der Waals surface area contributed by atoms with Gasteiger partial charge in [-0.2, -0.15) is 0 Å². The van der Waals surface area contributed by atoms with Gasteiger partial charge in [-0.05, 0) is 62.1 Å². The van der Waals surface area contributed by atoms with Gasteiger partial charge < -0.3 is 26.6 Å². The number of benzene rings is 4. The Bertz CT molecular complexity index is 1580. The number of nitrogens with one attached hydrogen (secondary N) is 1. The zero-order valence-electron chi connectivity index (χ0n) is 19.8. The van der Waals surface area contributed by atoms with Gasteiger partial charge in [-0.25, -0.2) is 0 Å². The first kappa shape index (κ1) is 24.3. The van der Waals surface area contributed by atoms with Gasteiger partial charge in [0.15, 0.2) is 0 Å². The van der Waals surface area contributed by atoms with Crippen molar-refractivity contribution in [2.45, 2.75) is 27.7 Å². The van der Waals surface area contributed by atoms with E-state index in [4.69, 9.17) is 0 Å². The monoisotopic (exact) mass is 481 g/mol. The molecule has 35 heavy (non-hydrogen) atoms. The Morgan fingerprint density at radius 1 is 0.771 bits per heavy atom. The largest absolute Gasteiger partial charge is 0.673 e. The van der Waals surface area contributed by atoms with Crippen molar-refractivity contribution < 1.29 is 26.1 Å². The van der Waals surface area contributed by atoms with Gasteiger partial charge in [0.1, 0.15) is 0 Å². The summed E-state index contributed by atoms with van der Waals surface area (Å²) < 4.78 is 42.5. The molecule has 0 aliphatic carbocycles. The van der Waals surface area contributed by atoms with E-state index in [0.717, 1.165) is 33.6 Å². The van der Waals surface area contributed by atoms with Gasteiger partial charge in [0.05, 0.1) is 16.2 Å². The molecule has 5 rings (SSSR count).